The fourth-order valence-electron chi connectivity index (χ4n) is 3.28. The van der Waals surface area contributed by atoms with Crippen molar-refractivity contribution >= 4 is 21.5 Å². The largest absolute Gasteiger partial charge is 0.0879 e. The second-order valence-corrected chi connectivity index (χ2v) is 5.34. The van der Waals surface area contributed by atoms with Crippen LogP contribution in [0.3, 0.4) is 0 Å². The molecular formula is C19H16. The van der Waals surface area contributed by atoms with Crippen LogP contribution < -0.4 is 0 Å². The van der Waals surface area contributed by atoms with Crippen LogP contribution in [0, 0.1) is 0 Å². The summed E-state index contributed by atoms with van der Waals surface area (Å²) in [5.74, 6) is 0.602. The van der Waals surface area contributed by atoms with Gasteiger partial charge < -0.3 is 0 Å². The molecule has 0 N–H and O–H groups in total. The minimum atomic E-state index is 0.602. The van der Waals surface area contributed by atoms with Crippen LogP contribution in [-0.2, 0) is 0 Å². The van der Waals surface area contributed by atoms with Crippen molar-refractivity contribution in [3.05, 3.63) is 72.3 Å². The predicted octanol–water partition coefficient (Wildman–Crippen LogP) is 5.43. The Kier molecular flexibility index (Phi) is 2.41. The number of hydrogen-bond donors (Lipinski definition) is 0. The molecule has 92 valence electrons. The molecule has 1 aliphatic rings. The first-order chi connectivity index (χ1) is 9.43. The quantitative estimate of drug-likeness (QED) is 0.395. The van der Waals surface area contributed by atoms with E-state index >= 15 is 0 Å². The molecule has 3 aromatic carbocycles. The van der Waals surface area contributed by atoms with Gasteiger partial charge in [0.2, 0.25) is 0 Å². The summed E-state index contributed by atoms with van der Waals surface area (Å²) in [5.41, 5.74) is 1.48. The standard InChI is InChI=1S/C19H16/c1-2-7-14(6-1)17-10-5-11-18-16-9-4-3-8-15(16)12-13-19(17)18/h1,3-6,8-14H,2,7H2. The Bertz CT molecular complexity index is 780. The molecule has 0 nitrogen and oxygen atoms in total. The molecular weight excluding hydrogens is 228 g/mol. The lowest BCUT2D eigenvalue weighted by Crippen LogP contribution is -1.92. The van der Waals surface area contributed by atoms with E-state index in [0.717, 1.165) is 0 Å². The normalized spacial score (nSPS) is 18.4. The van der Waals surface area contributed by atoms with Crippen LogP contribution in [0.15, 0.2) is 66.7 Å². The van der Waals surface area contributed by atoms with Crippen LogP contribution in [0.1, 0.15) is 24.3 Å². The molecule has 3 aromatic rings. The van der Waals surface area contributed by atoms with Gasteiger partial charge in [-0.15, -0.1) is 0 Å². The molecule has 0 heteroatoms. The Morgan fingerprint density at radius 2 is 1.63 bits per heavy atom. The van der Waals surface area contributed by atoms with E-state index in [4.69, 9.17) is 0 Å². The average molecular weight is 244 g/mol. The summed E-state index contributed by atoms with van der Waals surface area (Å²) in [6.07, 6.45) is 7.15. The molecule has 19 heavy (non-hydrogen) atoms. The molecule has 0 radical (unpaired) electrons. The van der Waals surface area contributed by atoms with Crippen molar-refractivity contribution in [2.75, 3.05) is 0 Å². The van der Waals surface area contributed by atoms with Gasteiger partial charge in [0.1, 0.15) is 0 Å². The fourth-order valence-corrected chi connectivity index (χ4v) is 3.28. The first-order valence-corrected chi connectivity index (χ1v) is 7.00. The van der Waals surface area contributed by atoms with Crippen LogP contribution in [-0.4, -0.2) is 0 Å². The zero-order valence-corrected chi connectivity index (χ0v) is 10.8. The van der Waals surface area contributed by atoms with Crippen molar-refractivity contribution in [3.8, 4) is 0 Å². The van der Waals surface area contributed by atoms with E-state index in [2.05, 4.69) is 66.7 Å². The van der Waals surface area contributed by atoms with Gasteiger partial charge in [-0.3, -0.25) is 0 Å². The molecule has 0 aromatic heterocycles. The molecule has 1 unspecified atom stereocenters. The summed E-state index contributed by atoms with van der Waals surface area (Å²) in [5, 5.41) is 5.49. The SMILES string of the molecule is C1=CC(c2cccc3c2ccc2ccccc23)CC1. The maximum atomic E-state index is 2.37. The van der Waals surface area contributed by atoms with Gasteiger partial charge >= 0.3 is 0 Å². The van der Waals surface area contributed by atoms with Gasteiger partial charge in [0.25, 0.3) is 0 Å². The molecule has 0 bridgehead atoms. The third-order valence-electron chi connectivity index (χ3n) is 4.23. The minimum absolute atomic E-state index is 0.602. The van der Waals surface area contributed by atoms with Crippen LogP contribution in [0.25, 0.3) is 21.5 Å². The molecule has 4 rings (SSSR count). The molecule has 0 fully saturated rings. The molecule has 1 aliphatic carbocycles. The summed E-state index contributed by atoms with van der Waals surface area (Å²) in [6.45, 7) is 0. The van der Waals surface area contributed by atoms with Gasteiger partial charge in [-0.1, -0.05) is 66.7 Å². The third-order valence-corrected chi connectivity index (χ3v) is 4.23. The summed E-state index contributed by atoms with van der Waals surface area (Å²) < 4.78 is 0. The Morgan fingerprint density at radius 1 is 0.737 bits per heavy atom. The molecule has 0 amide bonds. The van der Waals surface area contributed by atoms with Crippen LogP contribution >= 0.6 is 0 Å². The second-order valence-electron chi connectivity index (χ2n) is 5.34. The van der Waals surface area contributed by atoms with Crippen molar-refractivity contribution < 1.29 is 0 Å². The fraction of sp³-hybridized carbons (Fsp3) is 0.158. The van der Waals surface area contributed by atoms with Crippen LogP contribution in [0.2, 0.25) is 0 Å². The molecule has 0 saturated carbocycles. The topological polar surface area (TPSA) is 0 Å². The zero-order chi connectivity index (χ0) is 12.7. The predicted molar refractivity (Wildman–Crippen MR) is 82.6 cm³/mol. The Labute approximate surface area is 113 Å². The molecule has 0 heterocycles. The van der Waals surface area contributed by atoms with Gasteiger partial charge in [-0.25, -0.2) is 0 Å². The van der Waals surface area contributed by atoms with E-state index in [1.807, 2.05) is 0 Å². The highest BCUT2D eigenvalue weighted by atomic mass is 14.2. The lowest BCUT2D eigenvalue weighted by Gasteiger charge is -2.13. The van der Waals surface area contributed by atoms with E-state index < -0.39 is 0 Å². The average Bonchev–Trinajstić information content (AvgIpc) is 3.00. The summed E-state index contributed by atoms with van der Waals surface area (Å²) in [7, 11) is 0. The van der Waals surface area contributed by atoms with Crippen molar-refractivity contribution in [2.45, 2.75) is 18.8 Å². The summed E-state index contributed by atoms with van der Waals surface area (Å²) in [6, 6.07) is 19.9. The number of fused-ring (bicyclic) bond motifs is 3. The van der Waals surface area contributed by atoms with E-state index in [9.17, 15) is 0 Å². The maximum Gasteiger partial charge on any atom is 0.00270 e. The minimum Gasteiger partial charge on any atom is -0.0879 e. The van der Waals surface area contributed by atoms with Gasteiger partial charge in [-0.2, -0.15) is 0 Å². The van der Waals surface area contributed by atoms with E-state index in [0.29, 0.717) is 5.92 Å². The highest BCUT2D eigenvalue weighted by molar-refractivity contribution is 6.08. The summed E-state index contributed by atoms with van der Waals surface area (Å²) >= 11 is 0. The summed E-state index contributed by atoms with van der Waals surface area (Å²) in [4.78, 5) is 0. The number of benzene rings is 3. The smallest absolute Gasteiger partial charge is 0.00270 e. The molecule has 0 saturated heterocycles. The first-order valence-electron chi connectivity index (χ1n) is 7.00. The lowest BCUT2D eigenvalue weighted by atomic mass is 9.91. The molecule has 0 spiro atoms. The van der Waals surface area contributed by atoms with Gasteiger partial charge in [0.15, 0.2) is 0 Å². The first kappa shape index (κ1) is 10.8. The Balaban J connectivity index is 2.06. The highest BCUT2D eigenvalue weighted by Crippen LogP contribution is 2.35. The van der Waals surface area contributed by atoms with Crippen LogP contribution in [0.4, 0.5) is 0 Å². The van der Waals surface area contributed by atoms with Crippen molar-refractivity contribution in [3.63, 3.8) is 0 Å². The number of allylic oxidation sites excluding steroid dienone is 2. The van der Waals surface area contributed by atoms with Crippen molar-refractivity contribution in [1.82, 2.24) is 0 Å². The van der Waals surface area contributed by atoms with Gasteiger partial charge in [0.05, 0.1) is 0 Å². The Hall–Kier alpha value is -2.08. The maximum absolute atomic E-state index is 2.37. The zero-order valence-electron chi connectivity index (χ0n) is 10.8. The third kappa shape index (κ3) is 1.67. The van der Waals surface area contributed by atoms with Gasteiger partial charge in [0, 0.05) is 5.92 Å². The van der Waals surface area contributed by atoms with Gasteiger partial charge in [-0.05, 0) is 39.9 Å². The second kappa shape index (κ2) is 4.24. The number of hydrogen-bond acceptors (Lipinski definition) is 0. The van der Waals surface area contributed by atoms with Crippen molar-refractivity contribution in [2.24, 2.45) is 0 Å². The van der Waals surface area contributed by atoms with E-state index in [1.54, 1.807) is 0 Å². The van der Waals surface area contributed by atoms with Crippen LogP contribution in [0.5, 0.6) is 0 Å². The highest BCUT2D eigenvalue weighted by Gasteiger charge is 2.14. The number of rotatable bonds is 1. The monoisotopic (exact) mass is 244 g/mol. The molecule has 0 aliphatic heterocycles. The Morgan fingerprint density at radius 3 is 2.53 bits per heavy atom. The van der Waals surface area contributed by atoms with E-state index in [-0.39, 0.29) is 0 Å². The lowest BCUT2D eigenvalue weighted by molar-refractivity contribution is 0.807. The molecule has 1 atom stereocenters. The van der Waals surface area contributed by atoms with E-state index in [1.165, 1.54) is 39.9 Å². The van der Waals surface area contributed by atoms with Crippen molar-refractivity contribution in [1.29, 1.82) is 0 Å².